The summed E-state index contributed by atoms with van der Waals surface area (Å²) in [7, 11) is 0. The number of H-pyrrole nitrogens is 1. The maximum absolute atomic E-state index is 13.8. The lowest BCUT2D eigenvalue weighted by Gasteiger charge is -2.11. The minimum atomic E-state index is -1.10. The maximum Gasteiger partial charge on any atom is 0.184 e. The quantitative estimate of drug-likeness (QED) is 0.673. The minimum Gasteiger partial charge on any atom is -0.350 e. The number of hydrogen-bond donors (Lipinski definition) is 2. The van der Waals surface area contributed by atoms with Gasteiger partial charge in [-0.2, -0.15) is 0 Å². The van der Waals surface area contributed by atoms with Gasteiger partial charge in [0.15, 0.2) is 17.4 Å². The van der Waals surface area contributed by atoms with Gasteiger partial charge in [-0.1, -0.05) is 18.5 Å². The van der Waals surface area contributed by atoms with Crippen molar-refractivity contribution >= 4 is 28.3 Å². The second kappa shape index (κ2) is 5.39. The third-order valence-corrected chi connectivity index (χ3v) is 4.45. The number of Topliss-reactive ketones (excluding diaryl/α,β-unsaturated/α-hetero) is 1. The molecule has 0 saturated carbocycles. The topological polar surface area (TPSA) is 44.9 Å². The van der Waals surface area contributed by atoms with Gasteiger partial charge in [0.2, 0.25) is 0 Å². The van der Waals surface area contributed by atoms with E-state index in [1.165, 1.54) is 12.1 Å². The van der Waals surface area contributed by atoms with Crippen LogP contribution in [0.25, 0.3) is 10.9 Å². The molecular formula is C15H15ClF2N2O. The average molecular weight is 313 g/mol. The molecule has 2 N–H and O–H groups in total. The SMILES string of the molecule is C[C@@H]1CNC[C@@H]1CC(=O)c1cc2cc(Cl)c(F)c(F)c2[nH]1. The highest BCUT2D eigenvalue weighted by atomic mass is 35.5. The summed E-state index contributed by atoms with van der Waals surface area (Å²) in [4.78, 5) is 15.0. The summed E-state index contributed by atoms with van der Waals surface area (Å²) in [5.74, 6) is -1.54. The molecule has 112 valence electrons. The van der Waals surface area contributed by atoms with Gasteiger partial charge >= 0.3 is 0 Å². The Morgan fingerprint density at radius 3 is 2.76 bits per heavy atom. The molecule has 2 heterocycles. The Balaban J connectivity index is 1.90. The number of rotatable bonds is 3. The summed E-state index contributed by atoms with van der Waals surface area (Å²) >= 11 is 5.62. The van der Waals surface area contributed by atoms with Crippen LogP contribution in [0.5, 0.6) is 0 Å². The number of aromatic amines is 1. The summed E-state index contributed by atoms with van der Waals surface area (Å²) in [6.07, 6.45) is 0.388. The highest BCUT2D eigenvalue weighted by Gasteiger charge is 2.26. The van der Waals surface area contributed by atoms with Crippen LogP contribution in [0.1, 0.15) is 23.8 Å². The first-order valence-corrected chi connectivity index (χ1v) is 7.25. The molecule has 1 aromatic heterocycles. The van der Waals surface area contributed by atoms with E-state index in [1.54, 1.807) is 0 Å². The molecule has 3 nitrogen and oxygen atoms in total. The van der Waals surface area contributed by atoms with Gasteiger partial charge in [-0.3, -0.25) is 4.79 Å². The molecule has 1 aromatic carbocycles. The predicted octanol–water partition coefficient (Wildman–Crippen LogP) is 3.53. The van der Waals surface area contributed by atoms with Crippen LogP contribution in [-0.4, -0.2) is 23.9 Å². The molecule has 1 aliphatic rings. The Kier molecular flexibility index (Phi) is 3.71. The number of hydrogen-bond acceptors (Lipinski definition) is 2. The first-order valence-electron chi connectivity index (χ1n) is 6.87. The number of ketones is 1. The summed E-state index contributed by atoms with van der Waals surface area (Å²) in [6, 6.07) is 2.85. The Labute approximate surface area is 125 Å². The van der Waals surface area contributed by atoms with Crippen molar-refractivity contribution in [3.63, 3.8) is 0 Å². The molecule has 6 heteroatoms. The first-order chi connectivity index (χ1) is 9.97. The summed E-state index contributed by atoms with van der Waals surface area (Å²) in [5.41, 5.74) is 0.280. The fourth-order valence-corrected chi connectivity index (χ4v) is 3.02. The van der Waals surface area contributed by atoms with Crippen LogP contribution >= 0.6 is 11.6 Å². The molecule has 0 aliphatic carbocycles. The fraction of sp³-hybridized carbons (Fsp3) is 0.400. The second-order valence-corrected chi connectivity index (χ2v) is 6.06. The molecule has 2 atom stereocenters. The van der Waals surface area contributed by atoms with Crippen molar-refractivity contribution in [3.8, 4) is 0 Å². The molecule has 3 rings (SSSR count). The van der Waals surface area contributed by atoms with Gasteiger partial charge in [-0.05, 0) is 37.1 Å². The lowest BCUT2D eigenvalue weighted by atomic mass is 9.92. The van der Waals surface area contributed by atoms with Crippen molar-refractivity contribution in [2.75, 3.05) is 13.1 Å². The number of benzene rings is 1. The molecule has 1 aliphatic heterocycles. The van der Waals surface area contributed by atoms with E-state index in [-0.39, 0.29) is 22.2 Å². The Morgan fingerprint density at radius 2 is 2.10 bits per heavy atom. The number of aromatic nitrogens is 1. The highest BCUT2D eigenvalue weighted by molar-refractivity contribution is 6.31. The molecule has 21 heavy (non-hydrogen) atoms. The monoisotopic (exact) mass is 312 g/mol. The van der Waals surface area contributed by atoms with Crippen molar-refractivity contribution < 1.29 is 13.6 Å². The third-order valence-electron chi connectivity index (χ3n) is 4.18. The highest BCUT2D eigenvalue weighted by Crippen LogP contribution is 2.28. The van der Waals surface area contributed by atoms with Crippen molar-refractivity contribution in [1.82, 2.24) is 10.3 Å². The van der Waals surface area contributed by atoms with E-state index in [2.05, 4.69) is 17.2 Å². The van der Waals surface area contributed by atoms with Crippen LogP contribution in [0.2, 0.25) is 5.02 Å². The summed E-state index contributed by atoms with van der Waals surface area (Å²) in [6.45, 7) is 3.81. The molecule has 0 unspecified atom stereocenters. The molecule has 1 saturated heterocycles. The number of nitrogens with one attached hydrogen (secondary N) is 2. The number of halogens is 3. The van der Waals surface area contributed by atoms with Gasteiger partial charge in [0.25, 0.3) is 0 Å². The Bertz CT molecular complexity index is 713. The van der Waals surface area contributed by atoms with Crippen molar-refractivity contribution in [2.24, 2.45) is 11.8 Å². The summed E-state index contributed by atoms with van der Waals surface area (Å²) < 4.78 is 27.2. The van der Waals surface area contributed by atoms with Gasteiger partial charge < -0.3 is 10.3 Å². The molecule has 0 bridgehead atoms. The van der Waals surface area contributed by atoms with Gasteiger partial charge in [0, 0.05) is 11.8 Å². The van der Waals surface area contributed by atoms with Crippen molar-refractivity contribution in [1.29, 1.82) is 0 Å². The molecule has 0 radical (unpaired) electrons. The van der Waals surface area contributed by atoms with E-state index in [0.29, 0.717) is 23.4 Å². The Hall–Kier alpha value is -1.46. The van der Waals surface area contributed by atoms with Crippen LogP contribution in [0.15, 0.2) is 12.1 Å². The minimum absolute atomic E-state index is 0.0159. The van der Waals surface area contributed by atoms with Gasteiger partial charge in [0.05, 0.1) is 16.2 Å². The van der Waals surface area contributed by atoms with E-state index in [0.717, 1.165) is 13.1 Å². The predicted molar refractivity (Wildman–Crippen MR) is 77.7 cm³/mol. The largest absolute Gasteiger partial charge is 0.350 e. The maximum atomic E-state index is 13.8. The van der Waals surface area contributed by atoms with Gasteiger partial charge in [-0.15, -0.1) is 0 Å². The zero-order valence-electron chi connectivity index (χ0n) is 11.5. The zero-order chi connectivity index (χ0) is 15.1. The average Bonchev–Trinajstić information content (AvgIpc) is 3.03. The van der Waals surface area contributed by atoms with Crippen LogP contribution in [0, 0.1) is 23.5 Å². The lowest BCUT2D eigenvalue weighted by Crippen LogP contribution is -2.15. The third kappa shape index (κ3) is 2.56. The number of fused-ring (bicyclic) bond motifs is 1. The molecular weight excluding hydrogens is 298 g/mol. The Morgan fingerprint density at radius 1 is 1.33 bits per heavy atom. The number of carbonyl (C=O) groups is 1. The van der Waals surface area contributed by atoms with E-state index >= 15 is 0 Å². The normalized spacial score (nSPS) is 22.1. The van der Waals surface area contributed by atoms with E-state index in [9.17, 15) is 13.6 Å². The van der Waals surface area contributed by atoms with Crippen molar-refractivity contribution in [2.45, 2.75) is 13.3 Å². The van der Waals surface area contributed by atoms with E-state index < -0.39 is 11.6 Å². The van der Waals surface area contributed by atoms with Crippen LogP contribution in [-0.2, 0) is 0 Å². The molecule has 1 fully saturated rings. The number of carbonyl (C=O) groups excluding carboxylic acids is 1. The van der Waals surface area contributed by atoms with E-state index in [1.807, 2.05) is 0 Å². The van der Waals surface area contributed by atoms with Crippen LogP contribution in [0.4, 0.5) is 8.78 Å². The second-order valence-electron chi connectivity index (χ2n) is 5.66. The van der Waals surface area contributed by atoms with Gasteiger partial charge in [-0.25, -0.2) is 8.78 Å². The fourth-order valence-electron chi connectivity index (χ4n) is 2.82. The van der Waals surface area contributed by atoms with E-state index in [4.69, 9.17) is 11.6 Å². The molecule has 0 amide bonds. The van der Waals surface area contributed by atoms with Crippen LogP contribution < -0.4 is 5.32 Å². The van der Waals surface area contributed by atoms with Gasteiger partial charge in [0.1, 0.15) is 0 Å². The van der Waals surface area contributed by atoms with Crippen LogP contribution in [0.3, 0.4) is 0 Å². The molecule has 2 aromatic rings. The molecule has 0 spiro atoms. The first kappa shape index (κ1) is 14.5. The zero-order valence-corrected chi connectivity index (χ0v) is 12.2. The standard InChI is InChI=1S/C15H15ClF2N2O/c1-7-5-19-6-9(7)4-12(21)11-3-8-2-10(16)13(17)14(18)15(8)20-11/h2-3,7,9,19-20H,4-6H2,1H3/t7-,9+/m1/s1. The lowest BCUT2D eigenvalue weighted by molar-refractivity contribution is 0.0952. The smallest absolute Gasteiger partial charge is 0.184 e. The summed E-state index contributed by atoms with van der Waals surface area (Å²) in [5, 5.41) is 3.36. The van der Waals surface area contributed by atoms with Crippen molar-refractivity contribution in [3.05, 3.63) is 34.5 Å².